The van der Waals surface area contributed by atoms with Crippen LogP contribution in [0.15, 0.2) is 35.9 Å². The van der Waals surface area contributed by atoms with Gasteiger partial charge in [0.25, 0.3) is 0 Å². The van der Waals surface area contributed by atoms with Gasteiger partial charge in [-0.2, -0.15) is 0 Å². The lowest BCUT2D eigenvalue weighted by atomic mass is 10.1. The van der Waals surface area contributed by atoms with Crippen LogP contribution in [0.4, 0.5) is 0 Å². The highest BCUT2D eigenvalue weighted by atomic mass is 14.9. The van der Waals surface area contributed by atoms with Crippen LogP contribution >= 0.6 is 0 Å². The average Bonchev–Trinajstić information content (AvgIpc) is 2.59. The van der Waals surface area contributed by atoms with Crippen molar-refractivity contribution in [3.05, 3.63) is 41.5 Å². The molecule has 0 aliphatic carbocycles. The topological polar surface area (TPSA) is 12.0 Å². The Morgan fingerprint density at radius 2 is 2.00 bits per heavy atom. The van der Waals surface area contributed by atoms with Gasteiger partial charge in [0.05, 0.1) is 0 Å². The highest BCUT2D eigenvalue weighted by Crippen LogP contribution is 2.11. The fraction of sp³-hybridized carbons (Fsp3) is 0.273. The molecule has 1 aromatic carbocycles. The molecule has 1 saturated heterocycles. The van der Waals surface area contributed by atoms with Crippen molar-refractivity contribution in [1.29, 1.82) is 0 Å². The van der Waals surface area contributed by atoms with Crippen molar-refractivity contribution in [2.75, 3.05) is 13.1 Å². The molecule has 0 radical (unpaired) electrons. The fourth-order valence-electron chi connectivity index (χ4n) is 1.49. The van der Waals surface area contributed by atoms with E-state index in [0.717, 1.165) is 13.1 Å². The lowest BCUT2D eigenvalue weighted by Gasteiger charge is -1.95. The maximum atomic E-state index is 3.32. The Balaban J connectivity index is 2.16. The third-order valence-corrected chi connectivity index (χ3v) is 2.15. The van der Waals surface area contributed by atoms with E-state index in [1.54, 1.807) is 0 Å². The third-order valence-electron chi connectivity index (χ3n) is 2.15. The molecule has 1 aliphatic heterocycles. The van der Waals surface area contributed by atoms with Gasteiger partial charge >= 0.3 is 0 Å². The SMILES string of the molecule is C(=C1\CCNC1)/c1ccccc1. The first kappa shape index (κ1) is 7.56. The predicted molar refractivity (Wildman–Crippen MR) is 51.9 cm³/mol. The molecule has 0 spiro atoms. The molecule has 0 saturated carbocycles. The summed E-state index contributed by atoms with van der Waals surface area (Å²) in [4.78, 5) is 0. The van der Waals surface area contributed by atoms with Gasteiger partial charge in [0.15, 0.2) is 0 Å². The molecular weight excluding hydrogens is 146 g/mol. The highest BCUT2D eigenvalue weighted by molar-refractivity contribution is 5.53. The van der Waals surface area contributed by atoms with Gasteiger partial charge in [0, 0.05) is 6.54 Å². The maximum Gasteiger partial charge on any atom is 0.0168 e. The lowest BCUT2D eigenvalue weighted by Crippen LogP contribution is -2.04. The first-order chi connectivity index (χ1) is 5.95. The molecule has 0 amide bonds. The molecule has 1 heterocycles. The first-order valence-corrected chi connectivity index (χ1v) is 4.40. The second kappa shape index (κ2) is 3.55. The molecule has 0 bridgehead atoms. The molecular formula is C11H13N. The van der Waals surface area contributed by atoms with Gasteiger partial charge in [0.2, 0.25) is 0 Å². The summed E-state index contributed by atoms with van der Waals surface area (Å²) in [6.45, 7) is 2.20. The van der Waals surface area contributed by atoms with Gasteiger partial charge in [-0.25, -0.2) is 0 Å². The van der Waals surface area contributed by atoms with E-state index in [1.807, 2.05) is 0 Å². The van der Waals surface area contributed by atoms with E-state index in [1.165, 1.54) is 17.6 Å². The minimum atomic E-state index is 1.06. The zero-order chi connectivity index (χ0) is 8.23. The van der Waals surface area contributed by atoms with Crippen molar-refractivity contribution in [3.63, 3.8) is 0 Å². The van der Waals surface area contributed by atoms with E-state index < -0.39 is 0 Å². The van der Waals surface area contributed by atoms with Crippen LogP contribution in [0.5, 0.6) is 0 Å². The molecule has 1 aliphatic rings. The molecule has 0 atom stereocenters. The molecule has 1 heteroatoms. The Labute approximate surface area is 73.1 Å². The van der Waals surface area contributed by atoms with Crippen LogP contribution in [-0.4, -0.2) is 13.1 Å². The van der Waals surface area contributed by atoms with E-state index in [4.69, 9.17) is 0 Å². The molecule has 0 unspecified atom stereocenters. The molecule has 2 rings (SSSR count). The van der Waals surface area contributed by atoms with Crippen molar-refractivity contribution in [2.24, 2.45) is 0 Å². The minimum Gasteiger partial charge on any atom is -0.313 e. The van der Waals surface area contributed by atoms with Crippen LogP contribution in [0, 0.1) is 0 Å². The van der Waals surface area contributed by atoms with Gasteiger partial charge in [-0.05, 0) is 18.5 Å². The van der Waals surface area contributed by atoms with Crippen LogP contribution in [-0.2, 0) is 0 Å². The zero-order valence-corrected chi connectivity index (χ0v) is 7.09. The van der Waals surface area contributed by atoms with E-state index >= 15 is 0 Å². The average molecular weight is 159 g/mol. The van der Waals surface area contributed by atoms with Gasteiger partial charge < -0.3 is 5.32 Å². The summed E-state index contributed by atoms with van der Waals surface area (Å²) in [5.74, 6) is 0. The van der Waals surface area contributed by atoms with E-state index in [-0.39, 0.29) is 0 Å². The molecule has 1 nitrogen and oxygen atoms in total. The Hall–Kier alpha value is -1.08. The van der Waals surface area contributed by atoms with Crippen LogP contribution in [0.3, 0.4) is 0 Å². The Morgan fingerprint density at radius 1 is 1.17 bits per heavy atom. The third kappa shape index (κ3) is 1.74. The summed E-state index contributed by atoms with van der Waals surface area (Å²) in [7, 11) is 0. The largest absolute Gasteiger partial charge is 0.313 e. The second-order valence-corrected chi connectivity index (χ2v) is 3.14. The number of benzene rings is 1. The van der Waals surface area contributed by atoms with Crippen molar-refractivity contribution in [3.8, 4) is 0 Å². The van der Waals surface area contributed by atoms with Crippen LogP contribution in [0.1, 0.15) is 12.0 Å². The van der Waals surface area contributed by atoms with E-state index in [2.05, 4.69) is 41.7 Å². The zero-order valence-electron chi connectivity index (χ0n) is 7.09. The van der Waals surface area contributed by atoms with Crippen LogP contribution in [0.2, 0.25) is 0 Å². The summed E-state index contributed by atoms with van der Waals surface area (Å²) >= 11 is 0. The number of rotatable bonds is 1. The van der Waals surface area contributed by atoms with Crippen LogP contribution in [0.25, 0.3) is 6.08 Å². The van der Waals surface area contributed by atoms with Gasteiger partial charge in [-0.3, -0.25) is 0 Å². The predicted octanol–water partition coefficient (Wildman–Crippen LogP) is 2.06. The smallest absolute Gasteiger partial charge is 0.0168 e. The van der Waals surface area contributed by atoms with Crippen molar-refractivity contribution < 1.29 is 0 Å². The van der Waals surface area contributed by atoms with E-state index in [9.17, 15) is 0 Å². The fourth-order valence-corrected chi connectivity index (χ4v) is 1.49. The molecule has 12 heavy (non-hydrogen) atoms. The molecule has 1 fully saturated rings. The molecule has 0 aromatic heterocycles. The summed E-state index contributed by atoms with van der Waals surface area (Å²) in [6.07, 6.45) is 3.48. The lowest BCUT2D eigenvalue weighted by molar-refractivity contribution is 0.862. The molecule has 62 valence electrons. The highest BCUT2D eigenvalue weighted by Gasteiger charge is 2.04. The summed E-state index contributed by atoms with van der Waals surface area (Å²) in [5.41, 5.74) is 2.83. The minimum absolute atomic E-state index is 1.06. The quantitative estimate of drug-likeness (QED) is 0.661. The van der Waals surface area contributed by atoms with Gasteiger partial charge in [0.1, 0.15) is 0 Å². The molecule has 1 N–H and O–H groups in total. The van der Waals surface area contributed by atoms with E-state index in [0.29, 0.717) is 0 Å². The Kier molecular flexibility index (Phi) is 2.23. The number of nitrogens with one attached hydrogen (secondary N) is 1. The number of hydrogen-bond donors (Lipinski definition) is 1. The maximum absolute atomic E-state index is 3.32. The first-order valence-electron chi connectivity index (χ1n) is 4.40. The van der Waals surface area contributed by atoms with Crippen molar-refractivity contribution in [1.82, 2.24) is 5.32 Å². The monoisotopic (exact) mass is 159 g/mol. The summed E-state index contributed by atoms with van der Waals surface area (Å²) in [6, 6.07) is 10.5. The van der Waals surface area contributed by atoms with Gasteiger partial charge in [-0.1, -0.05) is 42.0 Å². The van der Waals surface area contributed by atoms with Crippen molar-refractivity contribution in [2.45, 2.75) is 6.42 Å². The normalized spacial score (nSPS) is 20.2. The van der Waals surface area contributed by atoms with Gasteiger partial charge in [-0.15, -0.1) is 0 Å². The summed E-state index contributed by atoms with van der Waals surface area (Å²) in [5, 5.41) is 3.32. The molecule has 1 aromatic rings. The van der Waals surface area contributed by atoms with Crippen LogP contribution < -0.4 is 5.32 Å². The summed E-state index contributed by atoms with van der Waals surface area (Å²) < 4.78 is 0. The second-order valence-electron chi connectivity index (χ2n) is 3.14. The van der Waals surface area contributed by atoms with Crippen molar-refractivity contribution >= 4 is 6.08 Å². The number of hydrogen-bond acceptors (Lipinski definition) is 1. The standard InChI is InChI=1S/C11H13N/c1-2-4-10(5-3-1)8-11-6-7-12-9-11/h1-5,8,12H,6-7,9H2/b11-8-. The Morgan fingerprint density at radius 3 is 2.67 bits per heavy atom. The Bertz CT molecular complexity index is 266.